The molecule has 5 nitrogen and oxygen atoms in total. The monoisotopic (exact) mass is 292 g/mol. The molecule has 3 rings (SSSR count). The van der Waals surface area contributed by atoms with Crippen LogP contribution in [0.2, 0.25) is 0 Å². The van der Waals surface area contributed by atoms with Gasteiger partial charge < -0.3 is 10.3 Å². The highest BCUT2D eigenvalue weighted by Crippen LogP contribution is 2.19. The highest BCUT2D eigenvalue weighted by Gasteiger charge is 2.13. The lowest BCUT2D eigenvalue weighted by Crippen LogP contribution is -2.16. The van der Waals surface area contributed by atoms with Crippen LogP contribution in [0.15, 0.2) is 29.2 Å². The first-order chi connectivity index (χ1) is 9.13. The number of fused-ring (bicyclic) bond motifs is 2. The summed E-state index contributed by atoms with van der Waals surface area (Å²) in [5, 5.41) is 4.93. The zero-order valence-corrected chi connectivity index (χ0v) is 12.3. The minimum Gasteiger partial charge on any atom is -0.336 e. The maximum atomic E-state index is 12.6. The van der Waals surface area contributed by atoms with Gasteiger partial charge in [0.1, 0.15) is 5.52 Å². The predicted octanol–water partition coefficient (Wildman–Crippen LogP) is 1.58. The summed E-state index contributed by atoms with van der Waals surface area (Å²) in [6, 6.07) is 5.92. The minimum atomic E-state index is 0. The molecule has 2 N–H and O–H groups in total. The van der Waals surface area contributed by atoms with E-state index in [0.717, 1.165) is 22.0 Å². The van der Waals surface area contributed by atoms with Crippen molar-refractivity contribution in [2.75, 3.05) is 6.54 Å². The Morgan fingerprint density at radius 1 is 1.30 bits per heavy atom. The standard InChI is InChI=1S/C14H16N4O.ClH/c1-9-3-4-11-10(7-9)14(19)13-12(8-16-17(13)2)18(11)6-5-15;/h3-4,7-8H,5-6,15H2,1-2H3;1H. The average molecular weight is 293 g/mol. The molecule has 6 heteroatoms. The fraction of sp³-hybridized carbons (Fsp3) is 0.286. The second-order valence-electron chi connectivity index (χ2n) is 4.79. The summed E-state index contributed by atoms with van der Waals surface area (Å²) in [6.45, 7) is 3.18. The van der Waals surface area contributed by atoms with Crippen LogP contribution in [0.5, 0.6) is 0 Å². The number of pyridine rings is 1. The molecule has 0 saturated carbocycles. The Kier molecular flexibility index (Phi) is 3.83. The summed E-state index contributed by atoms with van der Waals surface area (Å²) >= 11 is 0. The van der Waals surface area contributed by atoms with Crippen molar-refractivity contribution in [3.63, 3.8) is 0 Å². The lowest BCUT2D eigenvalue weighted by Gasteiger charge is -2.12. The molecule has 20 heavy (non-hydrogen) atoms. The van der Waals surface area contributed by atoms with Gasteiger partial charge in [0.15, 0.2) is 0 Å². The summed E-state index contributed by atoms with van der Waals surface area (Å²) in [4.78, 5) is 12.6. The van der Waals surface area contributed by atoms with Crippen LogP contribution < -0.4 is 11.2 Å². The molecular formula is C14H17ClN4O. The Labute approximate surface area is 122 Å². The van der Waals surface area contributed by atoms with E-state index >= 15 is 0 Å². The van der Waals surface area contributed by atoms with Crippen molar-refractivity contribution in [1.82, 2.24) is 14.3 Å². The SMILES string of the molecule is Cc1ccc2c(c1)c(=O)c1c(cnn1C)n2CCN.Cl. The first-order valence-corrected chi connectivity index (χ1v) is 6.28. The van der Waals surface area contributed by atoms with Gasteiger partial charge in [-0.3, -0.25) is 9.48 Å². The van der Waals surface area contributed by atoms with Crippen LogP contribution >= 0.6 is 12.4 Å². The number of rotatable bonds is 2. The summed E-state index contributed by atoms with van der Waals surface area (Å²) in [7, 11) is 1.79. The molecule has 0 aliphatic rings. The van der Waals surface area contributed by atoms with Crippen LogP contribution in [0, 0.1) is 6.92 Å². The van der Waals surface area contributed by atoms with Gasteiger partial charge in [-0.05, 0) is 19.1 Å². The molecule has 2 heterocycles. The van der Waals surface area contributed by atoms with Gasteiger partial charge in [-0.1, -0.05) is 11.6 Å². The summed E-state index contributed by atoms with van der Waals surface area (Å²) in [5.74, 6) is 0. The first kappa shape index (κ1) is 14.6. The number of benzene rings is 1. The van der Waals surface area contributed by atoms with Gasteiger partial charge in [0.25, 0.3) is 0 Å². The Hall–Kier alpha value is -1.85. The van der Waals surface area contributed by atoms with Gasteiger partial charge in [0.2, 0.25) is 5.43 Å². The number of hydrogen-bond donors (Lipinski definition) is 1. The third-order valence-corrected chi connectivity index (χ3v) is 3.47. The number of hydrogen-bond acceptors (Lipinski definition) is 3. The van der Waals surface area contributed by atoms with E-state index in [1.807, 2.05) is 25.1 Å². The van der Waals surface area contributed by atoms with Crippen molar-refractivity contribution >= 4 is 34.3 Å². The first-order valence-electron chi connectivity index (χ1n) is 6.28. The molecule has 0 aliphatic heterocycles. The largest absolute Gasteiger partial charge is 0.336 e. The van der Waals surface area contributed by atoms with E-state index in [9.17, 15) is 4.79 Å². The van der Waals surface area contributed by atoms with Crippen molar-refractivity contribution in [3.05, 3.63) is 40.2 Å². The van der Waals surface area contributed by atoms with Gasteiger partial charge in [0, 0.05) is 25.5 Å². The van der Waals surface area contributed by atoms with Crippen molar-refractivity contribution in [3.8, 4) is 0 Å². The number of aromatic nitrogens is 3. The van der Waals surface area contributed by atoms with E-state index in [2.05, 4.69) is 9.67 Å². The van der Waals surface area contributed by atoms with E-state index in [0.29, 0.717) is 18.6 Å². The van der Waals surface area contributed by atoms with Crippen LogP contribution in [0.4, 0.5) is 0 Å². The molecule has 0 spiro atoms. The molecule has 106 valence electrons. The molecule has 0 aliphatic carbocycles. The van der Waals surface area contributed by atoms with Crippen LogP contribution in [0.25, 0.3) is 21.9 Å². The highest BCUT2D eigenvalue weighted by molar-refractivity contribution is 5.92. The molecule has 0 fully saturated rings. The third-order valence-electron chi connectivity index (χ3n) is 3.47. The third kappa shape index (κ3) is 1.99. The fourth-order valence-electron chi connectivity index (χ4n) is 2.58. The Morgan fingerprint density at radius 2 is 2.05 bits per heavy atom. The lowest BCUT2D eigenvalue weighted by molar-refractivity contribution is 0.753. The fourth-order valence-corrected chi connectivity index (χ4v) is 2.58. The highest BCUT2D eigenvalue weighted by atomic mass is 35.5. The lowest BCUT2D eigenvalue weighted by atomic mass is 10.1. The Balaban J connectivity index is 0.00000147. The molecular weight excluding hydrogens is 276 g/mol. The molecule has 3 aromatic rings. The Morgan fingerprint density at radius 3 is 2.75 bits per heavy atom. The van der Waals surface area contributed by atoms with Crippen molar-refractivity contribution in [2.24, 2.45) is 12.8 Å². The second kappa shape index (κ2) is 5.26. The van der Waals surface area contributed by atoms with Crippen molar-refractivity contribution in [2.45, 2.75) is 13.5 Å². The van der Waals surface area contributed by atoms with E-state index in [1.54, 1.807) is 17.9 Å². The van der Waals surface area contributed by atoms with Gasteiger partial charge in [-0.2, -0.15) is 5.10 Å². The second-order valence-corrected chi connectivity index (χ2v) is 4.79. The zero-order chi connectivity index (χ0) is 13.6. The minimum absolute atomic E-state index is 0. The van der Waals surface area contributed by atoms with Gasteiger partial charge in [-0.15, -0.1) is 12.4 Å². The topological polar surface area (TPSA) is 65.8 Å². The summed E-state index contributed by atoms with van der Waals surface area (Å²) < 4.78 is 3.70. The van der Waals surface area contributed by atoms with Crippen LogP contribution in [-0.2, 0) is 13.6 Å². The van der Waals surface area contributed by atoms with Crippen LogP contribution in [0.1, 0.15) is 5.56 Å². The van der Waals surface area contributed by atoms with E-state index in [4.69, 9.17) is 5.73 Å². The predicted molar refractivity (Wildman–Crippen MR) is 83.5 cm³/mol. The van der Waals surface area contributed by atoms with E-state index in [-0.39, 0.29) is 17.8 Å². The molecule has 0 radical (unpaired) electrons. The normalized spacial score (nSPS) is 10.9. The molecule has 1 aromatic carbocycles. The molecule has 0 bridgehead atoms. The van der Waals surface area contributed by atoms with Crippen molar-refractivity contribution in [1.29, 1.82) is 0 Å². The number of nitrogens with two attached hydrogens (primary N) is 1. The molecule has 2 aromatic heterocycles. The molecule has 0 saturated heterocycles. The van der Waals surface area contributed by atoms with E-state index in [1.165, 1.54) is 0 Å². The van der Waals surface area contributed by atoms with Crippen LogP contribution in [0.3, 0.4) is 0 Å². The average Bonchev–Trinajstić information content (AvgIpc) is 2.77. The van der Waals surface area contributed by atoms with Crippen LogP contribution in [-0.4, -0.2) is 20.9 Å². The molecule has 0 atom stereocenters. The Bertz CT molecular complexity index is 834. The summed E-state index contributed by atoms with van der Waals surface area (Å²) in [5.41, 5.74) is 9.19. The maximum Gasteiger partial charge on any atom is 0.215 e. The van der Waals surface area contributed by atoms with Crippen molar-refractivity contribution < 1.29 is 0 Å². The number of nitrogens with zero attached hydrogens (tertiary/aromatic N) is 3. The van der Waals surface area contributed by atoms with E-state index < -0.39 is 0 Å². The van der Waals surface area contributed by atoms with Gasteiger partial charge >= 0.3 is 0 Å². The number of aryl methyl sites for hydroxylation is 2. The number of halogens is 1. The molecule has 0 amide bonds. The van der Waals surface area contributed by atoms with Gasteiger partial charge in [0.05, 0.1) is 17.2 Å². The quantitative estimate of drug-likeness (QED) is 0.780. The van der Waals surface area contributed by atoms with Gasteiger partial charge in [-0.25, -0.2) is 0 Å². The maximum absolute atomic E-state index is 12.6. The smallest absolute Gasteiger partial charge is 0.215 e. The summed E-state index contributed by atoms with van der Waals surface area (Å²) in [6.07, 6.45) is 1.73. The zero-order valence-electron chi connectivity index (χ0n) is 11.5. The molecule has 0 unspecified atom stereocenters.